The molecule has 3 aromatic rings. The monoisotopic (exact) mass is 374 g/mol. The van der Waals surface area contributed by atoms with Gasteiger partial charge in [0.2, 0.25) is 0 Å². The lowest BCUT2D eigenvalue weighted by molar-refractivity contribution is 0.102. The maximum Gasteiger partial charge on any atom is 0.274 e. The summed E-state index contributed by atoms with van der Waals surface area (Å²) in [7, 11) is 0. The van der Waals surface area contributed by atoms with E-state index in [2.05, 4.69) is 39.2 Å². The van der Waals surface area contributed by atoms with Crippen molar-refractivity contribution in [2.24, 2.45) is 0 Å². The van der Waals surface area contributed by atoms with Crippen molar-refractivity contribution < 1.29 is 4.79 Å². The summed E-state index contributed by atoms with van der Waals surface area (Å²) >= 11 is 0. The topological polar surface area (TPSA) is 58.1 Å². The molecule has 5 nitrogen and oxygen atoms in total. The van der Waals surface area contributed by atoms with E-state index in [1.807, 2.05) is 57.2 Å². The lowest BCUT2D eigenvalue weighted by Crippen LogP contribution is -2.25. The minimum atomic E-state index is -0.222. The molecule has 144 valence electrons. The van der Waals surface area contributed by atoms with Crippen LogP contribution in [-0.4, -0.2) is 22.4 Å². The van der Waals surface area contributed by atoms with E-state index in [0.717, 1.165) is 35.7 Å². The van der Waals surface area contributed by atoms with E-state index in [0.29, 0.717) is 11.5 Å². The van der Waals surface area contributed by atoms with Gasteiger partial charge < -0.3 is 10.2 Å². The van der Waals surface area contributed by atoms with Crippen molar-refractivity contribution in [3.8, 4) is 0 Å². The highest BCUT2D eigenvalue weighted by atomic mass is 16.1. The molecule has 5 heteroatoms. The third-order valence-corrected chi connectivity index (χ3v) is 4.70. The number of hydrogen-bond donors (Lipinski definition) is 1. The first-order chi connectivity index (χ1) is 13.5. The molecule has 0 saturated carbocycles. The summed E-state index contributed by atoms with van der Waals surface area (Å²) < 4.78 is 0. The van der Waals surface area contributed by atoms with Crippen molar-refractivity contribution in [3.63, 3.8) is 0 Å². The number of amides is 1. The smallest absolute Gasteiger partial charge is 0.274 e. The van der Waals surface area contributed by atoms with Crippen LogP contribution in [0.15, 0.2) is 54.6 Å². The fourth-order valence-electron chi connectivity index (χ4n) is 3.18. The van der Waals surface area contributed by atoms with Crippen LogP contribution in [0.5, 0.6) is 0 Å². The number of nitrogens with one attached hydrogen (secondary N) is 1. The Morgan fingerprint density at radius 1 is 0.964 bits per heavy atom. The van der Waals surface area contributed by atoms with Gasteiger partial charge in [0.15, 0.2) is 0 Å². The van der Waals surface area contributed by atoms with Crippen LogP contribution < -0.4 is 10.2 Å². The van der Waals surface area contributed by atoms with E-state index >= 15 is 0 Å². The third-order valence-electron chi connectivity index (χ3n) is 4.70. The maximum atomic E-state index is 12.9. The van der Waals surface area contributed by atoms with Gasteiger partial charge in [-0.25, -0.2) is 9.97 Å². The molecule has 0 bridgehead atoms. The summed E-state index contributed by atoms with van der Waals surface area (Å²) in [6.45, 7) is 9.37. The standard InChI is InChI=1S/C23H26N4O/c1-5-27(15-19-12-7-6-8-13-19)21-14-20(24-18(4)25-21)23(28)26-22-16(2)10-9-11-17(22)3/h6-14H,5,15H2,1-4H3,(H,26,28). The molecule has 0 atom stereocenters. The Bertz CT molecular complexity index is 949. The molecule has 0 aliphatic heterocycles. The lowest BCUT2D eigenvalue weighted by Gasteiger charge is -2.23. The molecule has 1 amide bonds. The van der Waals surface area contributed by atoms with Crippen LogP contribution in [0, 0.1) is 20.8 Å². The normalized spacial score (nSPS) is 10.6. The molecule has 3 rings (SSSR count). The first kappa shape index (κ1) is 19.5. The summed E-state index contributed by atoms with van der Waals surface area (Å²) in [6.07, 6.45) is 0. The lowest BCUT2D eigenvalue weighted by atomic mass is 10.1. The number of para-hydroxylation sites is 1. The van der Waals surface area contributed by atoms with Crippen LogP contribution >= 0.6 is 0 Å². The number of nitrogens with zero attached hydrogens (tertiary/aromatic N) is 3. The summed E-state index contributed by atoms with van der Waals surface area (Å²) in [5.74, 6) is 1.11. The molecule has 1 aromatic heterocycles. The van der Waals surface area contributed by atoms with Crippen LogP contribution in [0.3, 0.4) is 0 Å². The van der Waals surface area contributed by atoms with Gasteiger partial charge in [0.05, 0.1) is 0 Å². The average Bonchev–Trinajstić information content (AvgIpc) is 2.69. The maximum absolute atomic E-state index is 12.9. The van der Waals surface area contributed by atoms with Gasteiger partial charge in [-0.2, -0.15) is 0 Å². The van der Waals surface area contributed by atoms with E-state index in [1.54, 1.807) is 6.07 Å². The largest absolute Gasteiger partial charge is 0.352 e. The summed E-state index contributed by atoms with van der Waals surface area (Å²) in [5.41, 5.74) is 4.46. The zero-order valence-electron chi connectivity index (χ0n) is 16.9. The van der Waals surface area contributed by atoms with Gasteiger partial charge in [0.1, 0.15) is 17.3 Å². The summed E-state index contributed by atoms with van der Waals surface area (Å²) in [6, 6.07) is 17.9. The SMILES string of the molecule is CCN(Cc1ccccc1)c1cc(C(=O)Nc2c(C)cccc2C)nc(C)n1. The van der Waals surface area contributed by atoms with Crippen LogP contribution in [0.1, 0.15) is 39.9 Å². The highest BCUT2D eigenvalue weighted by Gasteiger charge is 2.16. The van der Waals surface area contributed by atoms with Gasteiger partial charge in [0.25, 0.3) is 5.91 Å². The molecule has 0 aliphatic rings. The van der Waals surface area contributed by atoms with Crippen molar-refractivity contribution in [3.05, 3.63) is 82.8 Å². The van der Waals surface area contributed by atoms with Gasteiger partial charge in [-0.3, -0.25) is 4.79 Å². The molecule has 0 radical (unpaired) electrons. The van der Waals surface area contributed by atoms with Crippen molar-refractivity contribution in [1.82, 2.24) is 9.97 Å². The zero-order valence-corrected chi connectivity index (χ0v) is 16.9. The van der Waals surface area contributed by atoms with Crippen molar-refractivity contribution in [1.29, 1.82) is 0 Å². The second-order valence-corrected chi connectivity index (χ2v) is 6.88. The summed E-state index contributed by atoms with van der Waals surface area (Å²) in [4.78, 5) is 23.9. The van der Waals surface area contributed by atoms with Gasteiger partial charge in [0, 0.05) is 24.8 Å². The number of hydrogen-bond acceptors (Lipinski definition) is 4. The molecule has 2 aromatic carbocycles. The molecule has 0 fully saturated rings. The minimum absolute atomic E-state index is 0.222. The van der Waals surface area contributed by atoms with Crippen LogP contribution in [-0.2, 0) is 6.54 Å². The Hall–Kier alpha value is -3.21. The fourth-order valence-corrected chi connectivity index (χ4v) is 3.18. The first-order valence-electron chi connectivity index (χ1n) is 9.50. The number of carbonyl (C=O) groups excluding carboxylic acids is 1. The first-order valence-corrected chi connectivity index (χ1v) is 9.50. The number of rotatable bonds is 6. The fraction of sp³-hybridized carbons (Fsp3) is 0.261. The molecular formula is C23H26N4O. The highest BCUT2D eigenvalue weighted by Crippen LogP contribution is 2.21. The average molecular weight is 374 g/mol. The van der Waals surface area contributed by atoms with Gasteiger partial charge in [-0.1, -0.05) is 48.5 Å². The molecular weight excluding hydrogens is 348 g/mol. The minimum Gasteiger partial charge on any atom is -0.352 e. The third kappa shape index (κ3) is 4.55. The van der Waals surface area contributed by atoms with Gasteiger partial charge in [-0.15, -0.1) is 0 Å². The molecule has 0 unspecified atom stereocenters. The second-order valence-electron chi connectivity index (χ2n) is 6.88. The van der Waals surface area contributed by atoms with Crippen molar-refractivity contribution in [2.45, 2.75) is 34.2 Å². The number of anilines is 2. The summed E-state index contributed by atoms with van der Waals surface area (Å²) in [5, 5.41) is 3.01. The quantitative estimate of drug-likeness (QED) is 0.680. The Morgan fingerprint density at radius 2 is 1.64 bits per heavy atom. The Balaban J connectivity index is 1.87. The number of carbonyl (C=O) groups is 1. The van der Waals surface area contributed by atoms with E-state index in [4.69, 9.17) is 0 Å². The molecule has 1 N–H and O–H groups in total. The molecule has 0 aliphatic carbocycles. The van der Waals surface area contributed by atoms with Crippen LogP contribution in [0.2, 0.25) is 0 Å². The van der Waals surface area contributed by atoms with E-state index in [1.165, 1.54) is 5.56 Å². The number of benzene rings is 2. The molecule has 0 spiro atoms. The Kier molecular flexibility index (Phi) is 6.04. The molecule has 0 saturated heterocycles. The van der Waals surface area contributed by atoms with E-state index < -0.39 is 0 Å². The van der Waals surface area contributed by atoms with Crippen molar-refractivity contribution >= 4 is 17.4 Å². The molecule has 28 heavy (non-hydrogen) atoms. The van der Waals surface area contributed by atoms with E-state index in [9.17, 15) is 4.79 Å². The van der Waals surface area contributed by atoms with Crippen LogP contribution in [0.25, 0.3) is 0 Å². The molecule has 1 heterocycles. The second kappa shape index (κ2) is 8.65. The zero-order chi connectivity index (χ0) is 20.1. The van der Waals surface area contributed by atoms with Crippen molar-refractivity contribution in [2.75, 3.05) is 16.8 Å². The predicted octanol–water partition coefficient (Wildman–Crippen LogP) is 4.68. The number of aromatic nitrogens is 2. The van der Waals surface area contributed by atoms with E-state index in [-0.39, 0.29) is 5.91 Å². The predicted molar refractivity (Wildman–Crippen MR) is 114 cm³/mol. The number of aryl methyl sites for hydroxylation is 3. The van der Waals surface area contributed by atoms with Gasteiger partial charge in [-0.05, 0) is 44.4 Å². The highest BCUT2D eigenvalue weighted by molar-refractivity contribution is 6.04. The Morgan fingerprint density at radius 3 is 2.29 bits per heavy atom. The van der Waals surface area contributed by atoms with Crippen LogP contribution in [0.4, 0.5) is 11.5 Å². The van der Waals surface area contributed by atoms with Gasteiger partial charge >= 0.3 is 0 Å². The Labute approximate surface area is 166 Å².